The van der Waals surface area contributed by atoms with Gasteiger partial charge in [0.25, 0.3) is 0 Å². The largest absolute Gasteiger partial charge is 0.456 e. The summed E-state index contributed by atoms with van der Waals surface area (Å²) < 4.78 is 4.83. The topological polar surface area (TPSA) is 85.2 Å². The van der Waals surface area contributed by atoms with Crippen molar-refractivity contribution in [2.75, 3.05) is 0 Å². The van der Waals surface area contributed by atoms with Crippen LogP contribution in [0.2, 0.25) is 0 Å². The second-order valence-corrected chi connectivity index (χ2v) is 2.69. The normalized spacial score (nSPS) is 8.07. The van der Waals surface area contributed by atoms with E-state index in [-0.39, 0.29) is 30.9 Å². The minimum Gasteiger partial charge on any atom is -0.456 e. The standard InChI is InChI=1S/C10H11NO2.ClH.H3N/c1-8(11)10(12)13-7-9-5-3-2-4-6-9;;/h2-6,11H,7H2,1H3;1H;1H3. The lowest BCUT2D eigenvalue weighted by Crippen LogP contribution is -2.12. The van der Waals surface area contributed by atoms with Crippen molar-refractivity contribution in [3.8, 4) is 0 Å². The van der Waals surface area contributed by atoms with Crippen LogP contribution in [0.5, 0.6) is 0 Å². The van der Waals surface area contributed by atoms with Crippen molar-refractivity contribution < 1.29 is 9.53 Å². The zero-order chi connectivity index (χ0) is 9.68. The first-order valence-electron chi connectivity index (χ1n) is 3.96. The van der Waals surface area contributed by atoms with Crippen molar-refractivity contribution in [3.05, 3.63) is 35.9 Å². The number of nitrogens with one attached hydrogen (secondary N) is 1. The summed E-state index contributed by atoms with van der Waals surface area (Å²) in [5.41, 5.74) is 0.855. The van der Waals surface area contributed by atoms with E-state index in [0.29, 0.717) is 0 Å². The Morgan fingerprint density at radius 3 is 2.33 bits per heavy atom. The highest BCUT2D eigenvalue weighted by molar-refractivity contribution is 6.33. The SMILES string of the molecule is CC(=N)C(=O)OCc1ccccc1.Cl.N. The maximum Gasteiger partial charge on any atom is 0.351 e. The number of carbonyl (C=O) groups excluding carboxylic acids is 1. The van der Waals surface area contributed by atoms with E-state index in [0.717, 1.165) is 5.56 Å². The maximum absolute atomic E-state index is 10.9. The van der Waals surface area contributed by atoms with Crippen LogP contribution >= 0.6 is 12.4 Å². The van der Waals surface area contributed by atoms with Crippen LogP contribution < -0.4 is 6.15 Å². The molecule has 0 fully saturated rings. The highest BCUT2D eigenvalue weighted by atomic mass is 35.5. The fourth-order valence-corrected chi connectivity index (χ4v) is 0.831. The number of carbonyl (C=O) groups is 1. The minimum absolute atomic E-state index is 0. The lowest BCUT2D eigenvalue weighted by molar-refractivity contribution is -0.136. The van der Waals surface area contributed by atoms with Crippen molar-refractivity contribution in [2.45, 2.75) is 13.5 Å². The summed E-state index contributed by atoms with van der Waals surface area (Å²) in [6.45, 7) is 1.64. The maximum atomic E-state index is 10.9. The van der Waals surface area contributed by atoms with Gasteiger partial charge in [0.05, 0.1) is 0 Å². The van der Waals surface area contributed by atoms with Crippen molar-refractivity contribution in [2.24, 2.45) is 0 Å². The van der Waals surface area contributed by atoms with E-state index in [4.69, 9.17) is 10.1 Å². The molecule has 0 unspecified atom stereocenters. The summed E-state index contributed by atoms with van der Waals surface area (Å²) >= 11 is 0. The third kappa shape index (κ3) is 5.83. The average molecular weight is 231 g/mol. The Kier molecular flexibility index (Phi) is 8.52. The molecule has 1 aromatic carbocycles. The minimum atomic E-state index is -0.566. The molecule has 1 aromatic rings. The van der Waals surface area contributed by atoms with Gasteiger partial charge in [0.1, 0.15) is 12.3 Å². The Morgan fingerprint density at radius 1 is 1.33 bits per heavy atom. The zero-order valence-electron chi connectivity index (χ0n) is 8.53. The number of rotatable bonds is 3. The van der Waals surface area contributed by atoms with E-state index in [1.165, 1.54) is 6.92 Å². The molecular formula is C10H15ClN2O2. The molecule has 84 valence electrons. The average Bonchev–Trinajstić information content (AvgIpc) is 2.15. The third-order valence-corrected chi connectivity index (χ3v) is 1.52. The van der Waals surface area contributed by atoms with Crippen molar-refractivity contribution in [1.29, 1.82) is 5.41 Å². The smallest absolute Gasteiger partial charge is 0.351 e. The molecule has 0 aliphatic carbocycles. The van der Waals surface area contributed by atoms with Crippen LogP contribution in [0, 0.1) is 5.41 Å². The van der Waals surface area contributed by atoms with E-state index < -0.39 is 5.97 Å². The first kappa shape index (κ1) is 16.1. The monoisotopic (exact) mass is 230 g/mol. The van der Waals surface area contributed by atoms with E-state index >= 15 is 0 Å². The van der Waals surface area contributed by atoms with Gasteiger partial charge in [-0.2, -0.15) is 0 Å². The van der Waals surface area contributed by atoms with Crippen LogP contribution in [0.25, 0.3) is 0 Å². The molecule has 4 nitrogen and oxygen atoms in total. The van der Waals surface area contributed by atoms with Gasteiger partial charge in [-0.1, -0.05) is 30.3 Å². The highest BCUT2D eigenvalue weighted by Crippen LogP contribution is 2.00. The first-order valence-corrected chi connectivity index (χ1v) is 3.96. The molecule has 0 aliphatic rings. The highest BCUT2D eigenvalue weighted by Gasteiger charge is 2.04. The van der Waals surface area contributed by atoms with Gasteiger partial charge in [0.15, 0.2) is 0 Å². The van der Waals surface area contributed by atoms with Gasteiger partial charge in [-0.3, -0.25) is 5.41 Å². The van der Waals surface area contributed by atoms with Crippen LogP contribution in [0.3, 0.4) is 0 Å². The molecule has 1 rings (SSSR count). The fraction of sp³-hybridized carbons (Fsp3) is 0.200. The molecule has 5 heteroatoms. The zero-order valence-corrected chi connectivity index (χ0v) is 9.34. The molecule has 0 saturated heterocycles. The molecule has 0 saturated carbocycles. The number of esters is 1. The number of halogens is 1. The molecule has 0 atom stereocenters. The van der Waals surface area contributed by atoms with Crippen LogP contribution in [-0.4, -0.2) is 11.7 Å². The van der Waals surface area contributed by atoms with Gasteiger partial charge in [-0.25, -0.2) is 4.79 Å². The Balaban J connectivity index is 0. The van der Waals surface area contributed by atoms with Gasteiger partial charge < -0.3 is 10.9 Å². The van der Waals surface area contributed by atoms with Crippen molar-refractivity contribution >= 4 is 24.1 Å². The second-order valence-electron chi connectivity index (χ2n) is 2.69. The van der Waals surface area contributed by atoms with E-state index in [2.05, 4.69) is 0 Å². The molecule has 0 radical (unpaired) electrons. The molecule has 0 aromatic heterocycles. The number of benzene rings is 1. The van der Waals surface area contributed by atoms with E-state index in [9.17, 15) is 4.79 Å². The summed E-state index contributed by atoms with van der Waals surface area (Å²) in [5, 5.41) is 6.99. The lowest BCUT2D eigenvalue weighted by Gasteiger charge is -2.02. The van der Waals surface area contributed by atoms with Crippen LogP contribution in [0.15, 0.2) is 30.3 Å². The van der Waals surface area contributed by atoms with Gasteiger partial charge in [0, 0.05) is 0 Å². The summed E-state index contributed by atoms with van der Waals surface area (Å²) in [6.07, 6.45) is 0. The summed E-state index contributed by atoms with van der Waals surface area (Å²) in [7, 11) is 0. The van der Waals surface area contributed by atoms with Gasteiger partial charge in [-0.15, -0.1) is 12.4 Å². The number of hydrogen-bond donors (Lipinski definition) is 2. The Bertz CT molecular complexity index is 314. The molecule has 0 heterocycles. The number of hydrogen-bond acceptors (Lipinski definition) is 4. The third-order valence-electron chi connectivity index (χ3n) is 1.52. The van der Waals surface area contributed by atoms with Crippen molar-refractivity contribution in [1.82, 2.24) is 6.15 Å². The van der Waals surface area contributed by atoms with Crippen LogP contribution in [0.1, 0.15) is 12.5 Å². The summed E-state index contributed by atoms with van der Waals surface area (Å²) in [6, 6.07) is 9.38. The quantitative estimate of drug-likeness (QED) is 0.617. The summed E-state index contributed by atoms with van der Waals surface area (Å²) in [4.78, 5) is 10.9. The van der Waals surface area contributed by atoms with Gasteiger partial charge in [0.2, 0.25) is 0 Å². The van der Waals surface area contributed by atoms with E-state index in [1.807, 2.05) is 30.3 Å². The molecule has 4 N–H and O–H groups in total. The molecule has 0 spiro atoms. The lowest BCUT2D eigenvalue weighted by atomic mass is 10.2. The molecule has 0 aliphatic heterocycles. The first-order chi connectivity index (χ1) is 6.20. The van der Waals surface area contributed by atoms with Crippen molar-refractivity contribution in [3.63, 3.8) is 0 Å². The Morgan fingerprint density at radius 2 is 1.87 bits per heavy atom. The molecule has 0 bridgehead atoms. The van der Waals surface area contributed by atoms with Gasteiger partial charge in [-0.05, 0) is 12.5 Å². The van der Waals surface area contributed by atoms with Gasteiger partial charge >= 0.3 is 5.97 Å². The predicted molar refractivity (Wildman–Crippen MR) is 61.9 cm³/mol. The molecular weight excluding hydrogens is 216 g/mol. The van der Waals surface area contributed by atoms with E-state index in [1.54, 1.807) is 0 Å². The summed E-state index contributed by atoms with van der Waals surface area (Å²) in [5.74, 6) is -0.566. The molecule has 15 heavy (non-hydrogen) atoms. The number of ether oxygens (including phenoxy) is 1. The fourth-order valence-electron chi connectivity index (χ4n) is 0.831. The van der Waals surface area contributed by atoms with Crippen LogP contribution in [-0.2, 0) is 16.1 Å². The predicted octanol–water partition coefficient (Wildman–Crippen LogP) is 2.35. The Labute approximate surface area is 95.1 Å². The second kappa shape index (κ2) is 7.96. The Hall–Kier alpha value is -1.39. The van der Waals surface area contributed by atoms with Crippen LogP contribution in [0.4, 0.5) is 0 Å². The molecule has 0 amide bonds.